The van der Waals surface area contributed by atoms with Gasteiger partial charge < -0.3 is 0 Å². The molecule has 1 aliphatic carbocycles. The molecule has 0 aliphatic heterocycles. The minimum atomic E-state index is 0.945. The molecule has 1 aliphatic rings. The lowest BCUT2D eigenvalue weighted by molar-refractivity contribution is 0.973. The van der Waals surface area contributed by atoms with Crippen LogP contribution in [-0.4, -0.2) is 14.4 Å². The van der Waals surface area contributed by atoms with Crippen molar-refractivity contribution in [2.75, 3.05) is 0 Å². The van der Waals surface area contributed by atoms with E-state index >= 15 is 0 Å². The third-order valence-corrected chi connectivity index (χ3v) is 11.4. The van der Waals surface area contributed by atoms with Crippen LogP contribution in [0.3, 0.4) is 0 Å². The van der Waals surface area contributed by atoms with Gasteiger partial charge in [-0.3, -0.25) is 9.38 Å². The van der Waals surface area contributed by atoms with E-state index in [0.717, 1.165) is 73.6 Å². The van der Waals surface area contributed by atoms with Crippen molar-refractivity contribution in [1.29, 1.82) is 0 Å². The molecule has 0 bridgehead atoms. The van der Waals surface area contributed by atoms with Gasteiger partial charge in [0, 0.05) is 17.0 Å². The second-order valence-electron chi connectivity index (χ2n) is 15.2. The van der Waals surface area contributed by atoms with Gasteiger partial charge >= 0.3 is 0 Å². The lowest BCUT2D eigenvalue weighted by Crippen LogP contribution is -1.95. The van der Waals surface area contributed by atoms with Crippen LogP contribution in [0.15, 0.2) is 187 Å². The van der Waals surface area contributed by atoms with Crippen molar-refractivity contribution in [2.24, 2.45) is 0 Å². The van der Waals surface area contributed by atoms with Crippen LogP contribution in [0.25, 0.3) is 82.3 Å². The summed E-state index contributed by atoms with van der Waals surface area (Å²) in [4.78, 5) is 10.1. The van der Waals surface area contributed by atoms with E-state index in [4.69, 9.17) is 9.97 Å². The lowest BCUT2D eigenvalue weighted by Gasteiger charge is -2.19. The van der Waals surface area contributed by atoms with Crippen LogP contribution in [0.4, 0.5) is 0 Å². The first kappa shape index (κ1) is 35.8. The van der Waals surface area contributed by atoms with E-state index in [-0.39, 0.29) is 0 Å². The van der Waals surface area contributed by atoms with E-state index in [1.54, 1.807) is 0 Å². The van der Waals surface area contributed by atoms with Gasteiger partial charge in [0.15, 0.2) is 0 Å². The van der Waals surface area contributed by atoms with Gasteiger partial charge in [0.05, 0.1) is 22.1 Å². The zero-order valence-corrected chi connectivity index (χ0v) is 33.1. The first-order valence-corrected chi connectivity index (χ1v) is 19.8. The van der Waals surface area contributed by atoms with Gasteiger partial charge in [-0.1, -0.05) is 122 Å². The van der Waals surface area contributed by atoms with Gasteiger partial charge in [0.25, 0.3) is 0 Å². The van der Waals surface area contributed by atoms with Gasteiger partial charge in [-0.15, -0.1) is 0 Å². The summed E-state index contributed by atoms with van der Waals surface area (Å²) in [7, 11) is 0. The number of nitrogens with zero attached hydrogens (tertiary/aromatic N) is 3. The molecular weight excluding hydrogens is 691 g/mol. The van der Waals surface area contributed by atoms with E-state index in [1.165, 1.54) is 55.0 Å². The summed E-state index contributed by atoms with van der Waals surface area (Å²) in [5.74, 6) is 0. The second-order valence-corrected chi connectivity index (χ2v) is 15.2. The van der Waals surface area contributed by atoms with E-state index in [1.807, 2.05) is 25.3 Å². The maximum atomic E-state index is 5.12. The number of hydrogen-bond acceptors (Lipinski definition) is 2. The molecule has 0 fully saturated rings. The van der Waals surface area contributed by atoms with Crippen molar-refractivity contribution in [1.82, 2.24) is 14.4 Å². The van der Waals surface area contributed by atoms with Crippen molar-refractivity contribution >= 4 is 71.2 Å². The van der Waals surface area contributed by atoms with Crippen LogP contribution in [0.2, 0.25) is 0 Å². The SMILES string of the molecule is C=C1CCC=C/C1=C/C=C(\C)c1c2ccccc2c(/C(C)=C/C=C(/C=C\C)C(=C)C)c2ccc(-c3ccc4c(c3)c3ncccc3n3c5ccccc5nc43)cc12. The fourth-order valence-electron chi connectivity index (χ4n) is 8.58. The lowest BCUT2D eigenvalue weighted by atomic mass is 9.84. The van der Waals surface area contributed by atoms with Crippen molar-refractivity contribution in [3.8, 4) is 11.1 Å². The van der Waals surface area contributed by atoms with Crippen LogP contribution < -0.4 is 0 Å². The molecule has 5 aromatic carbocycles. The van der Waals surface area contributed by atoms with Gasteiger partial charge in [-0.25, -0.2) is 4.98 Å². The Kier molecular flexibility index (Phi) is 9.22. The van der Waals surface area contributed by atoms with E-state index < -0.39 is 0 Å². The summed E-state index contributed by atoms with van der Waals surface area (Å²) in [6.45, 7) is 17.2. The van der Waals surface area contributed by atoms with Gasteiger partial charge in [0.1, 0.15) is 5.65 Å². The molecule has 0 radical (unpaired) electrons. The Morgan fingerprint density at radius 3 is 2.12 bits per heavy atom. The third-order valence-electron chi connectivity index (χ3n) is 11.4. The van der Waals surface area contributed by atoms with Crippen molar-refractivity contribution in [3.05, 3.63) is 198 Å². The summed E-state index contributed by atoms with van der Waals surface area (Å²) >= 11 is 0. The standard InChI is InChI=1S/C54H45N3/c1-7-15-38(34(2)3)25-23-36(5)51-42-18-10-11-19-43(42)52(37(6)24-26-39-17-9-8-16-35(39)4)46-32-40(27-29-44(46)51)41-28-30-45-47(33-41)53-50(22-14-31-55-53)57-49-21-13-12-20-48(49)56-54(45)57/h7,9-15,17-33H,2,4,8,16H2,1,3,5-6H3/b15-7-,36-23+,37-24+,38-25-,39-26-. The minimum absolute atomic E-state index is 0.945. The summed E-state index contributed by atoms with van der Waals surface area (Å²) < 4.78 is 2.25. The summed E-state index contributed by atoms with van der Waals surface area (Å²) in [5.41, 5.74) is 16.7. The molecule has 0 N–H and O–H groups in total. The van der Waals surface area contributed by atoms with Crippen LogP contribution >= 0.6 is 0 Å². The molecule has 9 rings (SSSR count). The molecule has 276 valence electrons. The van der Waals surface area contributed by atoms with Crippen LogP contribution in [0, 0.1) is 0 Å². The Balaban J connectivity index is 1.31. The number of allylic oxidation sites excluding steroid dienone is 14. The number of aromatic nitrogens is 3. The highest BCUT2D eigenvalue weighted by Crippen LogP contribution is 2.42. The Labute approximate surface area is 334 Å². The first-order valence-electron chi connectivity index (χ1n) is 19.8. The molecule has 3 heterocycles. The predicted molar refractivity (Wildman–Crippen MR) is 247 cm³/mol. The maximum Gasteiger partial charge on any atom is 0.146 e. The fourth-order valence-corrected chi connectivity index (χ4v) is 8.58. The molecule has 0 spiro atoms. The predicted octanol–water partition coefficient (Wildman–Crippen LogP) is 14.9. The summed E-state index contributed by atoms with van der Waals surface area (Å²) in [6.07, 6.45) is 21.5. The fraction of sp³-hybridized carbons (Fsp3) is 0.111. The first-order chi connectivity index (χ1) is 27.8. The van der Waals surface area contributed by atoms with Gasteiger partial charge in [0.2, 0.25) is 0 Å². The number of pyridine rings is 2. The van der Waals surface area contributed by atoms with E-state index in [0.29, 0.717) is 0 Å². The quantitative estimate of drug-likeness (QED) is 0.0927. The average molecular weight is 736 g/mol. The summed E-state index contributed by atoms with van der Waals surface area (Å²) in [6, 6.07) is 35.1. The van der Waals surface area contributed by atoms with Crippen LogP contribution in [-0.2, 0) is 0 Å². The molecule has 3 heteroatoms. The third kappa shape index (κ3) is 6.26. The zero-order chi connectivity index (χ0) is 39.2. The highest BCUT2D eigenvalue weighted by Gasteiger charge is 2.19. The molecule has 8 aromatic rings. The molecule has 57 heavy (non-hydrogen) atoms. The average Bonchev–Trinajstić information content (AvgIpc) is 3.63. The van der Waals surface area contributed by atoms with Gasteiger partial charge in [-0.2, -0.15) is 0 Å². The smallest absolute Gasteiger partial charge is 0.146 e. The number of hydrogen-bond donors (Lipinski definition) is 0. The molecular formula is C54H45N3. The monoisotopic (exact) mass is 735 g/mol. The summed E-state index contributed by atoms with van der Waals surface area (Å²) in [5, 5.41) is 7.08. The number of rotatable bonds is 7. The topological polar surface area (TPSA) is 30.2 Å². The van der Waals surface area contributed by atoms with Gasteiger partial charge in [-0.05, 0) is 155 Å². The molecule has 3 nitrogen and oxygen atoms in total. The highest BCUT2D eigenvalue weighted by atomic mass is 15.0. The number of fused-ring (bicyclic) bond motifs is 10. The van der Waals surface area contributed by atoms with Crippen LogP contribution in [0.5, 0.6) is 0 Å². The molecule has 0 saturated heterocycles. The van der Waals surface area contributed by atoms with E-state index in [9.17, 15) is 0 Å². The van der Waals surface area contributed by atoms with Crippen molar-refractivity contribution < 1.29 is 0 Å². The normalized spacial score (nSPS) is 15.2. The number of imidazole rings is 1. The molecule has 0 amide bonds. The Morgan fingerprint density at radius 2 is 1.37 bits per heavy atom. The van der Waals surface area contributed by atoms with E-state index in [2.05, 4.69) is 172 Å². The minimum Gasteiger partial charge on any atom is -0.290 e. The Hall–Kier alpha value is -6.84. The molecule has 0 unspecified atom stereocenters. The second kappa shape index (κ2) is 14.7. The van der Waals surface area contributed by atoms with Crippen molar-refractivity contribution in [2.45, 2.75) is 40.5 Å². The number of benzene rings is 5. The molecule has 0 atom stereocenters. The molecule has 3 aromatic heterocycles. The zero-order valence-electron chi connectivity index (χ0n) is 33.1. The van der Waals surface area contributed by atoms with Crippen LogP contribution in [0.1, 0.15) is 51.7 Å². The molecule has 0 saturated carbocycles. The largest absolute Gasteiger partial charge is 0.290 e. The highest BCUT2D eigenvalue weighted by molar-refractivity contribution is 6.17. The van der Waals surface area contributed by atoms with Crippen molar-refractivity contribution in [3.63, 3.8) is 0 Å². The number of para-hydroxylation sites is 2. The Morgan fingerprint density at radius 1 is 0.702 bits per heavy atom. The maximum absolute atomic E-state index is 5.12. The Bertz CT molecular complexity index is 3190.